The van der Waals surface area contributed by atoms with Crippen LogP contribution in [-0.4, -0.2) is 25.7 Å². The molecule has 3 aromatic rings. The van der Waals surface area contributed by atoms with Gasteiger partial charge < -0.3 is 10.7 Å². The van der Waals surface area contributed by atoms with E-state index in [1.165, 1.54) is 0 Å². The van der Waals surface area contributed by atoms with Crippen molar-refractivity contribution in [2.75, 3.05) is 11.5 Å². The lowest BCUT2D eigenvalue weighted by Crippen LogP contribution is -1.92. The van der Waals surface area contributed by atoms with Crippen molar-refractivity contribution >= 4 is 28.5 Å². The summed E-state index contributed by atoms with van der Waals surface area (Å²) in [6.45, 7) is 0. The molecule has 0 radical (unpaired) electrons. The van der Waals surface area contributed by atoms with Crippen LogP contribution < -0.4 is 5.73 Å². The Labute approximate surface area is 114 Å². The van der Waals surface area contributed by atoms with Crippen LogP contribution in [0, 0.1) is 0 Å². The Balaban J connectivity index is 1.65. The van der Waals surface area contributed by atoms with Gasteiger partial charge in [0.2, 0.25) is 0 Å². The van der Waals surface area contributed by atoms with E-state index in [9.17, 15) is 0 Å². The second kappa shape index (κ2) is 5.27. The summed E-state index contributed by atoms with van der Waals surface area (Å²) >= 11 is 1.67. The largest absolute Gasteiger partial charge is 0.399 e. The SMILES string of the molecule is Nc1ccc2nc(CCSc3cnccn3)[nH]c2c1. The number of anilines is 1. The van der Waals surface area contributed by atoms with Crippen molar-refractivity contribution < 1.29 is 0 Å². The fraction of sp³-hybridized carbons (Fsp3) is 0.154. The van der Waals surface area contributed by atoms with E-state index in [0.29, 0.717) is 0 Å². The Morgan fingerprint density at radius 3 is 3.05 bits per heavy atom. The number of H-pyrrole nitrogens is 1. The molecule has 0 saturated heterocycles. The van der Waals surface area contributed by atoms with Gasteiger partial charge in [0.25, 0.3) is 0 Å². The average molecular weight is 271 g/mol. The summed E-state index contributed by atoms with van der Waals surface area (Å²) in [5, 5.41) is 0.933. The minimum absolute atomic E-state index is 0.747. The number of nitrogen functional groups attached to an aromatic ring is 1. The van der Waals surface area contributed by atoms with E-state index in [1.54, 1.807) is 30.4 Å². The lowest BCUT2D eigenvalue weighted by atomic mass is 10.3. The van der Waals surface area contributed by atoms with Crippen LogP contribution in [0.2, 0.25) is 0 Å². The summed E-state index contributed by atoms with van der Waals surface area (Å²) in [5.41, 5.74) is 8.43. The number of nitrogens with zero attached hydrogens (tertiary/aromatic N) is 3. The fourth-order valence-corrected chi connectivity index (χ4v) is 2.59. The number of aryl methyl sites for hydroxylation is 1. The summed E-state index contributed by atoms with van der Waals surface area (Å²) in [7, 11) is 0. The van der Waals surface area contributed by atoms with Crippen molar-refractivity contribution in [2.45, 2.75) is 11.4 Å². The molecule has 0 aliphatic carbocycles. The predicted octanol–water partition coefficient (Wildman–Crippen LogP) is 2.27. The summed E-state index contributed by atoms with van der Waals surface area (Å²) in [6, 6.07) is 5.70. The first-order valence-electron chi connectivity index (χ1n) is 5.94. The quantitative estimate of drug-likeness (QED) is 0.562. The predicted molar refractivity (Wildman–Crippen MR) is 77.0 cm³/mol. The Hall–Kier alpha value is -2.08. The van der Waals surface area contributed by atoms with Crippen LogP contribution in [0.4, 0.5) is 5.69 Å². The van der Waals surface area contributed by atoms with Gasteiger partial charge in [0, 0.05) is 30.3 Å². The molecule has 5 nitrogen and oxygen atoms in total. The number of benzene rings is 1. The Bertz CT molecular complexity index is 680. The van der Waals surface area contributed by atoms with Crippen molar-refractivity contribution in [3.63, 3.8) is 0 Å². The van der Waals surface area contributed by atoms with Crippen molar-refractivity contribution in [1.82, 2.24) is 19.9 Å². The molecule has 0 saturated carbocycles. The van der Waals surface area contributed by atoms with Crippen LogP contribution in [-0.2, 0) is 6.42 Å². The molecule has 0 amide bonds. The molecule has 2 aromatic heterocycles. The van der Waals surface area contributed by atoms with E-state index in [1.807, 2.05) is 18.2 Å². The minimum Gasteiger partial charge on any atom is -0.399 e. The number of rotatable bonds is 4. The van der Waals surface area contributed by atoms with Gasteiger partial charge in [-0.3, -0.25) is 4.98 Å². The zero-order chi connectivity index (χ0) is 13.1. The zero-order valence-electron chi connectivity index (χ0n) is 10.2. The highest BCUT2D eigenvalue weighted by atomic mass is 32.2. The van der Waals surface area contributed by atoms with Gasteiger partial charge in [-0.25, -0.2) is 9.97 Å². The number of aromatic nitrogens is 4. The molecule has 0 atom stereocenters. The molecule has 2 heterocycles. The molecule has 1 aromatic carbocycles. The van der Waals surface area contributed by atoms with Crippen LogP contribution in [0.3, 0.4) is 0 Å². The maximum atomic E-state index is 5.74. The van der Waals surface area contributed by atoms with E-state index < -0.39 is 0 Å². The number of aromatic amines is 1. The van der Waals surface area contributed by atoms with Crippen LogP contribution in [0.1, 0.15) is 5.82 Å². The second-order valence-corrected chi connectivity index (χ2v) is 5.22. The first kappa shape index (κ1) is 12.0. The van der Waals surface area contributed by atoms with Gasteiger partial charge in [0.15, 0.2) is 0 Å². The summed E-state index contributed by atoms with van der Waals surface area (Å²) in [6.07, 6.45) is 6.00. The maximum absolute atomic E-state index is 5.74. The summed E-state index contributed by atoms with van der Waals surface area (Å²) in [5.74, 6) is 1.88. The molecular weight excluding hydrogens is 258 g/mol. The van der Waals surface area contributed by atoms with Crippen LogP contribution >= 0.6 is 11.8 Å². The average Bonchev–Trinajstić information content (AvgIpc) is 2.82. The van der Waals surface area contributed by atoms with E-state index in [4.69, 9.17) is 5.73 Å². The third kappa shape index (κ3) is 2.85. The van der Waals surface area contributed by atoms with Crippen molar-refractivity contribution in [1.29, 1.82) is 0 Å². The molecule has 0 unspecified atom stereocenters. The molecule has 96 valence electrons. The number of hydrogen-bond donors (Lipinski definition) is 2. The van der Waals surface area contributed by atoms with Crippen LogP contribution in [0.15, 0.2) is 41.8 Å². The van der Waals surface area contributed by atoms with E-state index >= 15 is 0 Å². The topological polar surface area (TPSA) is 80.5 Å². The third-order valence-corrected chi connectivity index (χ3v) is 3.60. The smallest absolute Gasteiger partial charge is 0.114 e. The zero-order valence-corrected chi connectivity index (χ0v) is 11.0. The van der Waals surface area contributed by atoms with Gasteiger partial charge in [0.1, 0.15) is 10.9 Å². The van der Waals surface area contributed by atoms with Crippen molar-refractivity contribution in [3.05, 3.63) is 42.6 Å². The van der Waals surface area contributed by atoms with Crippen LogP contribution in [0.25, 0.3) is 11.0 Å². The van der Waals surface area contributed by atoms with Gasteiger partial charge in [0.05, 0.1) is 17.2 Å². The molecule has 19 heavy (non-hydrogen) atoms. The lowest BCUT2D eigenvalue weighted by Gasteiger charge is -1.97. The Morgan fingerprint density at radius 1 is 1.26 bits per heavy atom. The maximum Gasteiger partial charge on any atom is 0.114 e. The highest BCUT2D eigenvalue weighted by Crippen LogP contribution is 2.18. The summed E-state index contributed by atoms with van der Waals surface area (Å²) in [4.78, 5) is 16.1. The Morgan fingerprint density at radius 2 is 2.21 bits per heavy atom. The third-order valence-electron chi connectivity index (χ3n) is 2.68. The minimum atomic E-state index is 0.747. The van der Waals surface area contributed by atoms with E-state index in [-0.39, 0.29) is 0 Å². The lowest BCUT2D eigenvalue weighted by molar-refractivity contribution is 1.000. The Kier molecular flexibility index (Phi) is 3.33. The molecule has 0 aliphatic heterocycles. The van der Waals surface area contributed by atoms with Crippen molar-refractivity contribution in [2.24, 2.45) is 0 Å². The number of thioether (sulfide) groups is 1. The molecule has 0 bridgehead atoms. The highest BCUT2D eigenvalue weighted by Gasteiger charge is 2.03. The normalized spacial score (nSPS) is 10.9. The van der Waals surface area contributed by atoms with Gasteiger partial charge in [-0.05, 0) is 18.2 Å². The summed E-state index contributed by atoms with van der Waals surface area (Å²) < 4.78 is 0. The van der Waals surface area contributed by atoms with Gasteiger partial charge in [-0.15, -0.1) is 11.8 Å². The molecule has 3 N–H and O–H groups in total. The number of nitrogens with one attached hydrogen (secondary N) is 1. The first-order chi connectivity index (χ1) is 9.31. The highest BCUT2D eigenvalue weighted by molar-refractivity contribution is 7.99. The number of nitrogens with two attached hydrogens (primary N) is 1. The molecule has 3 rings (SSSR count). The number of fused-ring (bicyclic) bond motifs is 1. The molecule has 0 aliphatic rings. The monoisotopic (exact) mass is 271 g/mol. The molecule has 0 fully saturated rings. The van der Waals surface area contributed by atoms with Gasteiger partial charge in [-0.2, -0.15) is 0 Å². The standard InChI is InChI=1S/C13H13N5S/c14-9-1-2-10-11(7-9)18-12(17-10)3-6-19-13-8-15-4-5-16-13/h1-2,4-5,7-8H,3,6,14H2,(H,17,18). The molecule has 6 heteroatoms. The second-order valence-electron chi connectivity index (χ2n) is 4.10. The van der Waals surface area contributed by atoms with Crippen LogP contribution in [0.5, 0.6) is 0 Å². The van der Waals surface area contributed by atoms with Gasteiger partial charge in [-0.1, -0.05) is 0 Å². The van der Waals surface area contributed by atoms with E-state index in [2.05, 4.69) is 19.9 Å². The molecule has 0 spiro atoms. The van der Waals surface area contributed by atoms with E-state index in [0.717, 1.165) is 39.7 Å². The number of hydrogen-bond acceptors (Lipinski definition) is 5. The molecular formula is C13H13N5S. The van der Waals surface area contributed by atoms with Gasteiger partial charge >= 0.3 is 0 Å². The fourth-order valence-electron chi connectivity index (χ4n) is 1.81. The number of imidazole rings is 1. The first-order valence-corrected chi connectivity index (χ1v) is 6.93. The van der Waals surface area contributed by atoms with Crippen molar-refractivity contribution in [3.8, 4) is 0 Å².